The fourth-order valence-electron chi connectivity index (χ4n) is 1.75. The molecule has 0 spiro atoms. The van der Waals surface area contributed by atoms with Gasteiger partial charge in [-0.3, -0.25) is 0 Å². The van der Waals surface area contributed by atoms with E-state index in [4.69, 9.17) is 0 Å². The second-order valence-electron chi connectivity index (χ2n) is 6.40. The zero-order valence-electron chi connectivity index (χ0n) is 11.5. The maximum atomic E-state index is 10.7. The van der Waals surface area contributed by atoms with Crippen LogP contribution in [0.2, 0.25) is 0 Å². The molecule has 0 aliphatic carbocycles. The second kappa shape index (κ2) is 4.73. The number of hydrogen-bond acceptors (Lipinski definition) is 2. The Kier molecular flexibility index (Phi) is 3.92. The normalized spacial score (nSPS) is 12.4. The van der Waals surface area contributed by atoms with Crippen LogP contribution in [0.15, 0.2) is 22.6 Å². The maximum absolute atomic E-state index is 10.7. The molecule has 0 amide bonds. The lowest BCUT2D eigenvalue weighted by atomic mass is 9.81. The summed E-state index contributed by atoms with van der Waals surface area (Å²) in [4.78, 5) is 0. The third-order valence-electron chi connectivity index (χ3n) is 2.81. The second-order valence-corrected chi connectivity index (χ2v) is 6.73. The molecule has 0 atom stereocenters. The lowest BCUT2D eigenvalue weighted by Crippen LogP contribution is -2.14. The van der Waals surface area contributed by atoms with Crippen molar-refractivity contribution in [1.82, 2.24) is 0 Å². The van der Waals surface area contributed by atoms with Crippen LogP contribution >= 0.6 is 0 Å². The van der Waals surface area contributed by atoms with Gasteiger partial charge in [0.15, 0.2) is 0 Å². The molecule has 2 nitrogen and oxygen atoms in total. The van der Waals surface area contributed by atoms with Gasteiger partial charge in [-0.15, -0.1) is 0 Å². The Labute approximate surface area is 108 Å². The smallest absolute Gasteiger partial charge is 0.191 e. The Balaban J connectivity index is 3.43. The quantitative estimate of drug-likeness (QED) is 0.731. The van der Waals surface area contributed by atoms with Gasteiger partial charge in [-0.1, -0.05) is 53.7 Å². The molecule has 17 heavy (non-hydrogen) atoms. The fraction of sp³-hybridized carbons (Fsp3) is 0.571. The molecule has 0 aliphatic rings. The SMILES string of the molecule is CC(C)(C)c1ccc(C(C)(C)C)c(N=S=O)c1. The summed E-state index contributed by atoms with van der Waals surface area (Å²) in [7, 11) is 0. The molecule has 3 heteroatoms. The zero-order chi connectivity index (χ0) is 13.3. The Morgan fingerprint density at radius 1 is 1.00 bits per heavy atom. The van der Waals surface area contributed by atoms with Gasteiger partial charge >= 0.3 is 0 Å². The fourth-order valence-corrected chi connectivity index (χ4v) is 1.98. The van der Waals surface area contributed by atoms with E-state index < -0.39 is 0 Å². The zero-order valence-corrected chi connectivity index (χ0v) is 12.3. The van der Waals surface area contributed by atoms with E-state index in [9.17, 15) is 4.21 Å². The molecule has 0 unspecified atom stereocenters. The van der Waals surface area contributed by atoms with E-state index in [0.29, 0.717) is 0 Å². The Hall–Kier alpha value is -0.960. The topological polar surface area (TPSA) is 29.4 Å². The minimum Gasteiger partial charge on any atom is -0.191 e. The van der Waals surface area contributed by atoms with Crippen LogP contribution in [0.1, 0.15) is 52.7 Å². The maximum Gasteiger partial charge on any atom is 0.205 e. The highest BCUT2D eigenvalue weighted by atomic mass is 32.1. The van der Waals surface area contributed by atoms with Crippen LogP contribution in [-0.4, -0.2) is 4.21 Å². The lowest BCUT2D eigenvalue weighted by Gasteiger charge is -2.24. The van der Waals surface area contributed by atoms with Gasteiger partial charge in [0, 0.05) is 0 Å². The molecule has 94 valence electrons. The molecule has 0 saturated heterocycles. The number of rotatable bonds is 1. The predicted octanol–water partition coefficient (Wildman–Crippen LogP) is 4.31. The molecule has 0 fully saturated rings. The average Bonchev–Trinajstić information content (AvgIpc) is 2.15. The van der Waals surface area contributed by atoms with Crippen molar-refractivity contribution < 1.29 is 4.21 Å². The van der Waals surface area contributed by atoms with E-state index >= 15 is 0 Å². The first-order chi connectivity index (χ1) is 7.66. The van der Waals surface area contributed by atoms with Crippen molar-refractivity contribution in [3.63, 3.8) is 0 Å². The lowest BCUT2D eigenvalue weighted by molar-refractivity contribution is 0.578. The van der Waals surface area contributed by atoms with Crippen LogP contribution < -0.4 is 0 Å². The van der Waals surface area contributed by atoms with E-state index in [-0.39, 0.29) is 22.3 Å². The molecule has 0 saturated carbocycles. The van der Waals surface area contributed by atoms with E-state index in [2.05, 4.69) is 58.0 Å². The first kappa shape index (κ1) is 14.1. The first-order valence-corrected chi connectivity index (χ1v) is 6.51. The highest BCUT2D eigenvalue weighted by molar-refractivity contribution is 7.54. The number of hydrogen-bond donors (Lipinski definition) is 0. The van der Waals surface area contributed by atoms with Crippen molar-refractivity contribution in [3.8, 4) is 0 Å². The highest BCUT2D eigenvalue weighted by Gasteiger charge is 2.21. The molecule has 0 aliphatic heterocycles. The summed E-state index contributed by atoms with van der Waals surface area (Å²) in [6.45, 7) is 12.9. The summed E-state index contributed by atoms with van der Waals surface area (Å²) in [6, 6.07) is 6.26. The van der Waals surface area contributed by atoms with Gasteiger partial charge in [0.05, 0.1) is 5.69 Å². The van der Waals surface area contributed by atoms with Gasteiger partial charge in [0.2, 0.25) is 11.5 Å². The van der Waals surface area contributed by atoms with Crippen molar-refractivity contribution in [1.29, 1.82) is 0 Å². The molecule has 1 aromatic rings. The minimum atomic E-state index is 0.00494. The molecular formula is C14H21NOS. The van der Waals surface area contributed by atoms with Crippen LogP contribution in [0, 0.1) is 0 Å². The largest absolute Gasteiger partial charge is 0.205 e. The van der Waals surface area contributed by atoms with Crippen molar-refractivity contribution >= 4 is 17.2 Å². The Morgan fingerprint density at radius 3 is 2.00 bits per heavy atom. The summed E-state index contributed by atoms with van der Waals surface area (Å²) in [5.41, 5.74) is 3.22. The van der Waals surface area contributed by atoms with E-state index in [1.165, 1.54) is 5.56 Å². The minimum absolute atomic E-state index is 0.00494. The third kappa shape index (κ3) is 3.50. The molecule has 0 radical (unpaired) electrons. The molecule has 1 rings (SSSR count). The monoisotopic (exact) mass is 251 g/mol. The van der Waals surface area contributed by atoms with Gasteiger partial charge in [0.1, 0.15) is 0 Å². The van der Waals surface area contributed by atoms with Crippen LogP contribution in [0.3, 0.4) is 0 Å². The number of benzene rings is 1. The summed E-state index contributed by atoms with van der Waals surface area (Å²) in [5, 5.41) is 0. The van der Waals surface area contributed by atoms with Gasteiger partial charge in [-0.05, 0) is 28.0 Å². The Morgan fingerprint density at radius 2 is 1.59 bits per heavy atom. The summed E-state index contributed by atoms with van der Waals surface area (Å²) >= 11 is 0.279. The molecule has 0 N–H and O–H groups in total. The third-order valence-corrected chi connectivity index (χ3v) is 3.08. The molecule has 0 aromatic heterocycles. The Bertz CT molecular complexity index is 460. The van der Waals surface area contributed by atoms with Crippen molar-refractivity contribution in [3.05, 3.63) is 29.3 Å². The molecule has 0 bridgehead atoms. The standard InChI is InChI=1S/C14H21NOS/c1-13(2,3)10-7-8-11(14(4,5)6)12(9-10)15-17-16/h7-9H,1-6H3. The average molecular weight is 251 g/mol. The summed E-state index contributed by atoms with van der Waals surface area (Å²) in [6.07, 6.45) is 0. The molecule has 0 heterocycles. The highest BCUT2D eigenvalue weighted by Crippen LogP contribution is 2.35. The van der Waals surface area contributed by atoms with Crippen LogP contribution in [0.4, 0.5) is 5.69 Å². The van der Waals surface area contributed by atoms with Gasteiger partial charge in [-0.25, -0.2) is 0 Å². The predicted molar refractivity (Wildman–Crippen MR) is 74.1 cm³/mol. The molecular weight excluding hydrogens is 230 g/mol. The number of nitrogens with zero attached hydrogens (tertiary/aromatic N) is 1. The summed E-state index contributed by atoms with van der Waals surface area (Å²) in [5.74, 6) is 0. The summed E-state index contributed by atoms with van der Waals surface area (Å²) < 4.78 is 14.7. The van der Waals surface area contributed by atoms with Crippen LogP contribution in [-0.2, 0) is 22.3 Å². The molecule has 1 aromatic carbocycles. The first-order valence-electron chi connectivity index (χ1n) is 5.81. The van der Waals surface area contributed by atoms with E-state index in [1.54, 1.807) is 0 Å². The van der Waals surface area contributed by atoms with E-state index in [1.807, 2.05) is 6.07 Å². The van der Waals surface area contributed by atoms with Crippen molar-refractivity contribution in [2.75, 3.05) is 0 Å². The van der Waals surface area contributed by atoms with Gasteiger partial charge in [0.25, 0.3) is 0 Å². The van der Waals surface area contributed by atoms with Crippen molar-refractivity contribution in [2.45, 2.75) is 52.4 Å². The van der Waals surface area contributed by atoms with Gasteiger partial charge < -0.3 is 0 Å². The van der Waals surface area contributed by atoms with Gasteiger partial charge in [-0.2, -0.15) is 8.57 Å². The van der Waals surface area contributed by atoms with Crippen LogP contribution in [0.5, 0.6) is 0 Å². The van der Waals surface area contributed by atoms with Crippen molar-refractivity contribution in [2.24, 2.45) is 4.36 Å². The van der Waals surface area contributed by atoms with Crippen LogP contribution in [0.25, 0.3) is 0 Å². The van der Waals surface area contributed by atoms with E-state index in [0.717, 1.165) is 11.3 Å².